The van der Waals surface area contributed by atoms with Crippen LogP contribution < -0.4 is 15.8 Å². The lowest BCUT2D eigenvalue weighted by molar-refractivity contribution is 0.1000. The largest absolute Gasteiger partial charge is 0.478 e. The summed E-state index contributed by atoms with van der Waals surface area (Å²) in [5.41, 5.74) is 6.54. The van der Waals surface area contributed by atoms with Gasteiger partial charge in [-0.3, -0.25) is 4.79 Å². The van der Waals surface area contributed by atoms with Crippen LogP contribution in [0.25, 0.3) is 0 Å². The van der Waals surface area contributed by atoms with Crippen molar-refractivity contribution in [2.24, 2.45) is 5.73 Å². The Morgan fingerprint density at radius 2 is 2.19 bits per heavy atom. The first-order valence-electron chi connectivity index (χ1n) is 6.51. The molecule has 0 spiro atoms. The predicted molar refractivity (Wildman–Crippen MR) is 77.7 cm³/mol. The van der Waals surface area contributed by atoms with Crippen LogP contribution in [0.4, 0.5) is 10.1 Å². The van der Waals surface area contributed by atoms with Gasteiger partial charge in [0.15, 0.2) is 0 Å². The normalized spacial score (nSPS) is 10.2. The number of nitrogens with two attached hydrogens (primary N) is 1. The monoisotopic (exact) mass is 289 g/mol. The van der Waals surface area contributed by atoms with Crippen LogP contribution >= 0.6 is 0 Å². The van der Waals surface area contributed by atoms with E-state index in [0.29, 0.717) is 18.1 Å². The SMILES string of the molecule is CCOc1ccc(NCc2cc(C(N)=O)ccc2F)cn1. The Balaban J connectivity index is 2.05. The summed E-state index contributed by atoms with van der Waals surface area (Å²) in [6.07, 6.45) is 1.60. The summed E-state index contributed by atoms with van der Waals surface area (Å²) in [6, 6.07) is 7.54. The van der Waals surface area contributed by atoms with Crippen molar-refractivity contribution in [1.29, 1.82) is 0 Å². The minimum Gasteiger partial charge on any atom is -0.478 e. The van der Waals surface area contributed by atoms with Gasteiger partial charge in [0.2, 0.25) is 11.8 Å². The number of pyridine rings is 1. The Morgan fingerprint density at radius 1 is 1.38 bits per heavy atom. The summed E-state index contributed by atoms with van der Waals surface area (Å²) in [7, 11) is 0. The molecule has 6 heteroatoms. The van der Waals surface area contributed by atoms with E-state index in [4.69, 9.17) is 10.5 Å². The molecule has 2 aromatic rings. The highest BCUT2D eigenvalue weighted by atomic mass is 19.1. The summed E-state index contributed by atoms with van der Waals surface area (Å²) in [4.78, 5) is 15.2. The first kappa shape index (κ1) is 14.8. The lowest BCUT2D eigenvalue weighted by Crippen LogP contribution is -2.12. The summed E-state index contributed by atoms with van der Waals surface area (Å²) < 4.78 is 18.9. The molecule has 1 aromatic carbocycles. The van der Waals surface area contributed by atoms with Gasteiger partial charge in [-0.15, -0.1) is 0 Å². The highest BCUT2D eigenvalue weighted by Crippen LogP contribution is 2.15. The van der Waals surface area contributed by atoms with Crippen molar-refractivity contribution in [2.45, 2.75) is 13.5 Å². The topological polar surface area (TPSA) is 77.2 Å². The van der Waals surface area contributed by atoms with Gasteiger partial charge in [-0.2, -0.15) is 0 Å². The van der Waals surface area contributed by atoms with Gasteiger partial charge in [-0.25, -0.2) is 9.37 Å². The molecule has 0 bridgehead atoms. The highest BCUT2D eigenvalue weighted by molar-refractivity contribution is 5.92. The number of nitrogens with zero attached hydrogens (tertiary/aromatic N) is 1. The Hall–Kier alpha value is -2.63. The molecule has 1 amide bonds. The molecule has 0 saturated carbocycles. The summed E-state index contributed by atoms with van der Waals surface area (Å²) in [6.45, 7) is 2.65. The predicted octanol–water partition coefficient (Wildman–Crippen LogP) is 2.33. The van der Waals surface area contributed by atoms with Crippen molar-refractivity contribution in [3.8, 4) is 5.88 Å². The molecule has 0 atom stereocenters. The zero-order valence-electron chi connectivity index (χ0n) is 11.6. The van der Waals surface area contributed by atoms with E-state index in [1.165, 1.54) is 18.2 Å². The minimum atomic E-state index is -0.584. The Bertz CT molecular complexity index is 629. The van der Waals surface area contributed by atoms with Gasteiger partial charge in [-0.1, -0.05) is 0 Å². The van der Waals surface area contributed by atoms with E-state index in [1.807, 2.05) is 6.92 Å². The van der Waals surface area contributed by atoms with Crippen LogP contribution in [-0.2, 0) is 6.54 Å². The van der Waals surface area contributed by atoms with Crippen LogP contribution in [0.15, 0.2) is 36.5 Å². The fraction of sp³-hybridized carbons (Fsp3) is 0.200. The molecule has 110 valence electrons. The van der Waals surface area contributed by atoms with Crippen LogP contribution in [-0.4, -0.2) is 17.5 Å². The fourth-order valence-electron chi connectivity index (χ4n) is 1.78. The van der Waals surface area contributed by atoms with E-state index in [-0.39, 0.29) is 12.1 Å². The number of primary amides is 1. The molecule has 0 unspecified atom stereocenters. The molecule has 3 N–H and O–H groups in total. The number of anilines is 1. The number of benzene rings is 1. The van der Waals surface area contributed by atoms with Crippen molar-refractivity contribution in [3.05, 3.63) is 53.5 Å². The maximum Gasteiger partial charge on any atom is 0.248 e. The standard InChI is InChI=1S/C15H16FN3O2/c1-2-21-14-6-4-12(9-19-14)18-8-11-7-10(15(17)20)3-5-13(11)16/h3-7,9,18H,2,8H2,1H3,(H2,17,20). The number of hydrogen-bond acceptors (Lipinski definition) is 4. The molecule has 0 saturated heterocycles. The van der Waals surface area contributed by atoms with Crippen molar-refractivity contribution < 1.29 is 13.9 Å². The van der Waals surface area contributed by atoms with Gasteiger partial charge in [0.05, 0.1) is 18.5 Å². The molecule has 0 aliphatic carbocycles. The number of carbonyl (C=O) groups excluding carboxylic acids is 1. The first-order valence-corrected chi connectivity index (χ1v) is 6.51. The molecule has 0 aliphatic rings. The maximum atomic E-state index is 13.7. The smallest absolute Gasteiger partial charge is 0.248 e. The Labute approximate surface area is 121 Å². The number of rotatable bonds is 6. The third-order valence-electron chi connectivity index (χ3n) is 2.84. The maximum absolute atomic E-state index is 13.7. The minimum absolute atomic E-state index is 0.225. The molecule has 21 heavy (non-hydrogen) atoms. The van der Waals surface area contributed by atoms with Crippen molar-refractivity contribution in [1.82, 2.24) is 4.98 Å². The summed E-state index contributed by atoms with van der Waals surface area (Å²) in [5.74, 6) is -0.449. The number of aromatic nitrogens is 1. The van der Waals surface area contributed by atoms with E-state index in [1.54, 1.807) is 18.3 Å². The molecule has 0 fully saturated rings. The van der Waals surface area contributed by atoms with Gasteiger partial charge >= 0.3 is 0 Å². The average Bonchev–Trinajstić information content (AvgIpc) is 2.48. The average molecular weight is 289 g/mol. The van der Waals surface area contributed by atoms with Crippen LogP contribution in [0.1, 0.15) is 22.8 Å². The number of halogens is 1. The summed E-state index contributed by atoms with van der Waals surface area (Å²) in [5, 5.41) is 3.03. The van der Waals surface area contributed by atoms with Gasteiger partial charge < -0.3 is 15.8 Å². The molecule has 2 rings (SSSR count). The molecule has 0 radical (unpaired) electrons. The second-order valence-electron chi connectivity index (χ2n) is 4.34. The third-order valence-corrected chi connectivity index (χ3v) is 2.84. The number of nitrogens with one attached hydrogen (secondary N) is 1. The van der Waals surface area contributed by atoms with E-state index in [2.05, 4.69) is 10.3 Å². The van der Waals surface area contributed by atoms with E-state index in [9.17, 15) is 9.18 Å². The fourth-order valence-corrected chi connectivity index (χ4v) is 1.78. The molecule has 1 heterocycles. The zero-order valence-corrected chi connectivity index (χ0v) is 11.6. The van der Waals surface area contributed by atoms with Crippen molar-refractivity contribution >= 4 is 11.6 Å². The lowest BCUT2D eigenvalue weighted by atomic mass is 10.1. The Morgan fingerprint density at radius 3 is 2.81 bits per heavy atom. The van der Waals surface area contributed by atoms with Crippen molar-refractivity contribution in [2.75, 3.05) is 11.9 Å². The molecular weight excluding hydrogens is 273 g/mol. The Kier molecular flexibility index (Phi) is 4.71. The van der Waals surface area contributed by atoms with E-state index in [0.717, 1.165) is 5.69 Å². The molecular formula is C15H16FN3O2. The first-order chi connectivity index (χ1) is 10.1. The number of amides is 1. The lowest BCUT2D eigenvalue weighted by Gasteiger charge is -2.09. The molecule has 0 aliphatic heterocycles. The number of ether oxygens (including phenoxy) is 1. The van der Waals surface area contributed by atoms with Crippen molar-refractivity contribution in [3.63, 3.8) is 0 Å². The van der Waals surface area contributed by atoms with Gasteiger partial charge in [-0.05, 0) is 31.2 Å². The number of carbonyl (C=O) groups is 1. The third kappa shape index (κ3) is 3.92. The van der Waals surface area contributed by atoms with E-state index >= 15 is 0 Å². The van der Waals surface area contributed by atoms with Gasteiger partial charge in [0, 0.05) is 23.7 Å². The molecule has 5 nitrogen and oxygen atoms in total. The number of hydrogen-bond donors (Lipinski definition) is 2. The van der Waals surface area contributed by atoms with E-state index < -0.39 is 11.7 Å². The molecule has 1 aromatic heterocycles. The summed E-state index contributed by atoms with van der Waals surface area (Å²) >= 11 is 0. The zero-order chi connectivity index (χ0) is 15.2. The van der Waals surface area contributed by atoms with Gasteiger partial charge in [0.1, 0.15) is 5.82 Å². The van der Waals surface area contributed by atoms with Crippen LogP contribution in [0.5, 0.6) is 5.88 Å². The van der Waals surface area contributed by atoms with Crippen LogP contribution in [0.3, 0.4) is 0 Å². The highest BCUT2D eigenvalue weighted by Gasteiger charge is 2.07. The second kappa shape index (κ2) is 6.69. The quantitative estimate of drug-likeness (QED) is 0.855. The van der Waals surface area contributed by atoms with Gasteiger partial charge in [0.25, 0.3) is 0 Å². The van der Waals surface area contributed by atoms with Crippen LogP contribution in [0.2, 0.25) is 0 Å². The van der Waals surface area contributed by atoms with Crippen LogP contribution in [0, 0.1) is 5.82 Å². The second-order valence-corrected chi connectivity index (χ2v) is 4.34.